The van der Waals surface area contributed by atoms with Crippen molar-refractivity contribution in [1.29, 1.82) is 0 Å². The minimum atomic E-state index is 0. The van der Waals surface area contributed by atoms with Gasteiger partial charge in [-0.05, 0) is 6.92 Å². The Morgan fingerprint density at radius 2 is 1.89 bits per heavy atom. The first kappa shape index (κ1) is 18.7. The Labute approximate surface area is 141 Å². The van der Waals surface area contributed by atoms with Crippen LogP contribution < -0.4 is 0 Å². The fraction of sp³-hybridized carbons (Fsp3) is 0.750. The number of thioether (sulfide) groups is 2. The summed E-state index contributed by atoms with van der Waals surface area (Å²) in [6, 6.07) is 0. The Morgan fingerprint density at radius 1 is 1.33 bits per heavy atom. The topological polar surface area (TPSA) is 0 Å². The normalized spacial score (nSPS) is 23.0. The van der Waals surface area contributed by atoms with Gasteiger partial charge in [0, 0.05) is 103 Å². The molecule has 0 aromatic rings. The first-order valence-corrected chi connectivity index (χ1v) is 3.97. The van der Waals surface area contributed by atoms with Crippen molar-refractivity contribution in [1.82, 2.24) is 0 Å². The Hall–Kier alpha value is 4.01. The zero-order valence-corrected chi connectivity index (χ0v) is 15.6. The Kier molecular flexibility index (Phi) is 25.0. The van der Waals surface area contributed by atoms with E-state index in [9.17, 15) is 0 Å². The molecule has 0 nitrogen and oxygen atoms in total. The van der Waals surface area contributed by atoms with E-state index in [2.05, 4.69) is 12.7 Å². The molecular formula is C4H7S2Y3-. The summed E-state index contributed by atoms with van der Waals surface area (Å²) < 4.78 is 0.824. The van der Waals surface area contributed by atoms with Gasteiger partial charge in [-0.1, -0.05) is 0 Å². The molecule has 0 N–H and O–H groups in total. The molecule has 1 heterocycles. The molecule has 3 radical (unpaired) electrons. The zero-order chi connectivity index (χ0) is 4.41. The van der Waals surface area contributed by atoms with Crippen LogP contribution in [-0.2, 0) is 98.1 Å². The maximum absolute atomic E-state index is 2.26. The molecule has 0 spiro atoms. The van der Waals surface area contributed by atoms with Crippen LogP contribution in [0, 0.1) is 5.75 Å². The minimum absolute atomic E-state index is 0. The minimum Gasteiger partial charge on any atom is -0.337 e. The quantitative estimate of drug-likeness (QED) is 0.585. The molecule has 1 rings (SSSR count). The van der Waals surface area contributed by atoms with Crippen LogP contribution in [0.3, 0.4) is 0 Å². The number of hydrogen-bond donors (Lipinski definition) is 0. The van der Waals surface area contributed by atoms with Gasteiger partial charge in [0.2, 0.25) is 0 Å². The van der Waals surface area contributed by atoms with Crippen LogP contribution in [0.15, 0.2) is 0 Å². The van der Waals surface area contributed by atoms with E-state index in [1.54, 1.807) is 0 Å². The molecule has 0 saturated carbocycles. The molecule has 1 atom stereocenters. The summed E-state index contributed by atoms with van der Waals surface area (Å²) >= 11 is 3.94. The molecule has 1 saturated heterocycles. The van der Waals surface area contributed by atoms with Gasteiger partial charge in [-0.25, -0.2) is 0 Å². The molecule has 1 unspecified atom stereocenters. The van der Waals surface area contributed by atoms with Crippen molar-refractivity contribution < 1.29 is 98.1 Å². The first-order valence-electron chi connectivity index (χ1n) is 1.98. The van der Waals surface area contributed by atoms with Gasteiger partial charge in [-0.3, -0.25) is 5.75 Å². The summed E-state index contributed by atoms with van der Waals surface area (Å²) in [7, 11) is 0. The van der Waals surface area contributed by atoms with Gasteiger partial charge in [-0.15, -0.1) is 5.75 Å². The van der Waals surface area contributed by atoms with Crippen LogP contribution in [0.25, 0.3) is 0 Å². The van der Waals surface area contributed by atoms with E-state index in [1.807, 2.05) is 23.5 Å². The maximum Gasteiger partial charge on any atom is 0.0153 e. The maximum atomic E-state index is 2.26. The van der Waals surface area contributed by atoms with Gasteiger partial charge in [-0.2, -0.15) is 11.8 Å². The van der Waals surface area contributed by atoms with Gasteiger partial charge in [0.25, 0.3) is 0 Å². The molecule has 0 amide bonds. The van der Waals surface area contributed by atoms with E-state index < -0.39 is 0 Å². The van der Waals surface area contributed by atoms with E-state index in [-0.39, 0.29) is 98.1 Å². The molecule has 5 heteroatoms. The van der Waals surface area contributed by atoms with Gasteiger partial charge >= 0.3 is 0 Å². The van der Waals surface area contributed by atoms with Crippen LogP contribution in [0.4, 0.5) is 0 Å². The summed E-state index contributed by atoms with van der Waals surface area (Å²) in [5.41, 5.74) is 0. The van der Waals surface area contributed by atoms with Crippen molar-refractivity contribution in [3.63, 3.8) is 0 Å². The summed E-state index contributed by atoms with van der Waals surface area (Å²) in [6.45, 7) is 2.23. The Bertz CT molecular complexity index is 47.1. The van der Waals surface area contributed by atoms with Crippen molar-refractivity contribution in [3.8, 4) is 0 Å². The molecule has 0 bridgehead atoms. The van der Waals surface area contributed by atoms with Crippen LogP contribution in [0.5, 0.6) is 0 Å². The van der Waals surface area contributed by atoms with Crippen molar-refractivity contribution in [2.24, 2.45) is 0 Å². The molecule has 1 aliphatic rings. The van der Waals surface area contributed by atoms with Gasteiger partial charge in [0.1, 0.15) is 0 Å². The van der Waals surface area contributed by atoms with E-state index in [0.717, 1.165) is 4.58 Å². The van der Waals surface area contributed by atoms with E-state index in [4.69, 9.17) is 0 Å². The van der Waals surface area contributed by atoms with Gasteiger partial charge in [0.05, 0.1) is 0 Å². The van der Waals surface area contributed by atoms with Crippen molar-refractivity contribution in [2.45, 2.75) is 11.5 Å². The molecule has 45 valence electrons. The molecule has 9 heavy (non-hydrogen) atoms. The SMILES string of the molecule is CC1S[CH-]CS1.[Y].[Y].[Y]. The summed E-state index contributed by atoms with van der Waals surface area (Å²) in [4.78, 5) is 0. The standard InChI is InChI=1S/C4H7S2.3Y/c1-4-5-2-3-6-4;;;/h2,4H,3H2,1H3;;;/q-1;;;. The third-order valence-corrected chi connectivity index (χ3v) is 3.21. The molecule has 0 aromatic carbocycles. The third kappa shape index (κ3) is 9.93. The molecule has 1 aliphatic heterocycles. The summed E-state index contributed by atoms with van der Waals surface area (Å²) in [5.74, 6) is 3.50. The van der Waals surface area contributed by atoms with E-state index in [0.29, 0.717) is 0 Å². The molecule has 1 fully saturated rings. The fourth-order valence-corrected chi connectivity index (χ4v) is 2.35. The van der Waals surface area contributed by atoms with Crippen molar-refractivity contribution in [3.05, 3.63) is 5.75 Å². The molecular weight excluding hydrogens is 379 g/mol. The fourth-order valence-electron chi connectivity index (χ4n) is 0.389. The zero-order valence-electron chi connectivity index (χ0n) is 5.41. The van der Waals surface area contributed by atoms with Crippen molar-refractivity contribution >= 4 is 23.5 Å². The van der Waals surface area contributed by atoms with Crippen molar-refractivity contribution in [2.75, 3.05) is 5.75 Å². The second-order valence-electron chi connectivity index (χ2n) is 1.20. The Balaban J connectivity index is -0.000000120. The smallest absolute Gasteiger partial charge is 0.0153 e. The largest absolute Gasteiger partial charge is 0.337 e. The second-order valence-corrected chi connectivity index (χ2v) is 4.19. The predicted molar refractivity (Wildman–Crippen MR) is 33.8 cm³/mol. The third-order valence-electron chi connectivity index (χ3n) is 0.687. The monoisotopic (exact) mass is 386 g/mol. The van der Waals surface area contributed by atoms with Crippen LogP contribution in [0.2, 0.25) is 0 Å². The number of hydrogen-bond acceptors (Lipinski definition) is 2. The summed E-state index contributed by atoms with van der Waals surface area (Å²) in [5, 5.41) is 0. The Morgan fingerprint density at radius 3 is 2.00 bits per heavy atom. The molecule has 0 aliphatic carbocycles. The molecule has 0 aromatic heterocycles. The van der Waals surface area contributed by atoms with Crippen LogP contribution in [-0.4, -0.2) is 10.3 Å². The predicted octanol–water partition coefficient (Wildman–Crippen LogP) is 1.97. The second kappa shape index (κ2) is 12.0. The van der Waals surface area contributed by atoms with Crippen LogP contribution in [0.1, 0.15) is 6.92 Å². The average molecular weight is 386 g/mol. The van der Waals surface area contributed by atoms with Gasteiger partial charge < -0.3 is 11.8 Å². The van der Waals surface area contributed by atoms with E-state index in [1.165, 1.54) is 5.75 Å². The van der Waals surface area contributed by atoms with Gasteiger partial charge in [0.15, 0.2) is 0 Å². The average Bonchev–Trinajstić information content (AvgIpc) is 1.86. The van der Waals surface area contributed by atoms with E-state index >= 15 is 0 Å². The van der Waals surface area contributed by atoms with Crippen LogP contribution >= 0.6 is 23.5 Å². The summed E-state index contributed by atoms with van der Waals surface area (Å²) in [6.07, 6.45) is 0. The first-order chi connectivity index (χ1) is 2.89. The number of rotatable bonds is 0.